The molecule has 0 saturated heterocycles. The van der Waals surface area contributed by atoms with Crippen molar-refractivity contribution in [1.29, 1.82) is 5.26 Å². The Balaban J connectivity index is 1.99. The molecule has 0 atom stereocenters. The summed E-state index contributed by atoms with van der Waals surface area (Å²) in [6.07, 6.45) is -4.72. The Morgan fingerprint density at radius 1 is 1.24 bits per heavy atom. The minimum atomic E-state index is -4.72. The van der Waals surface area contributed by atoms with Gasteiger partial charge in [0.1, 0.15) is 17.8 Å². The fraction of sp³-hybridized carbons (Fsp3) is 0.133. The Hall–Kier alpha value is -2.86. The van der Waals surface area contributed by atoms with Gasteiger partial charge in [-0.2, -0.15) is 18.4 Å². The van der Waals surface area contributed by atoms with E-state index >= 15 is 0 Å². The van der Waals surface area contributed by atoms with E-state index in [4.69, 9.17) is 21.6 Å². The molecule has 0 radical (unpaired) electrons. The summed E-state index contributed by atoms with van der Waals surface area (Å²) in [4.78, 5) is 0. The van der Waals surface area contributed by atoms with Gasteiger partial charge in [-0.05, 0) is 24.3 Å². The number of aromatic nitrogens is 3. The number of hydrogen-bond donors (Lipinski definition) is 0. The van der Waals surface area contributed by atoms with Crippen molar-refractivity contribution in [3.63, 3.8) is 0 Å². The third-order valence-corrected chi connectivity index (χ3v) is 3.53. The summed E-state index contributed by atoms with van der Waals surface area (Å²) in [7, 11) is 0. The van der Waals surface area contributed by atoms with E-state index in [1.165, 1.54) is 22.9 Å². The van der Waals surface area contributed by atoms with Crippen LogP contribution in [0.1, 0.15) is 5.56 Å². The number of benzene rings is 2. The average Bonchev–Trinajstić information content (AvgIpc) is 2.93. The number of nitriles is 1. The second kappa shape index (κ2) is 6.22. The van der Waals surface area contributed by atoms with Gasteiger partial charge >= 0.3 is 6.18 Å². The number of rotatable bonds is 3. The van der Waals surface area contributed by atoms with E-state index in [0.717, 1.165) is 0 Å². The molecule has 1 aromatic heterocycles. The highest BCUT2D eigenvalue weighted by Gasteiger charge is 2.32. The molecule has 2 aromatic carbocycles. The lowest BCUT2D eigenvalue weighted by Crippen LogP contribution is -2.06. The van der Waals surface area contributed by atoms with Crippen molar-refractivity contribution >= 4 is 22.6 Å². The van der Waals surface area contributed by atoms with Crippen LogP contribution in [0.25, 0.3) is 11.0 Å². The number of halogens is 5. The maximum absolute atomic E-state index is 14.0. The molecule has 1 heterocycles. The van der Waals surface area contributed by atoms with Crippen molar-refractivity contribution in [2.24, 2.45) is 0 Å². The molecule has 3 rings (SSSR count). The first kappa shape index (κ1) is 17.0. The zero-order valence-electron chi connectivity index (χ0n) is 12.2. The third-order valence-electron chi connectivity index (χ3n) is 3.25. The van der Waals surface area contributed by atoms with Gasteiger partial charge in [0, 0.05) is 6.07 Å². The molecule has 0 unspecified atom stereocenters. The zero-order valence-corrected chi connectivity index (χ0v) is 12.9. The van der Waals surface area contributed by atoms with E-state index in [1.54, 1.807) is 0 Å². The standard InChI is InChI=1S/C15H7ClF4N4O/c16-10-5-8(15(18,19)20)6-11(17)14(10)25-9-1-2-12-13(7-9)24(4-3-21)23-22-12/h1-2,5-7H,4H2. The van der Waals surface area contributed by atoms with Crippen LogP contribution in [-0.4, -0.2) is 15.0 Å². The lowest BCUT2D eigenvalue weighted by molar-refractivity contribution is -0.137. The van der Waals surface area contributed by atoms with Crippen LogP contribution in [0.15, 0.2) is 30.3 Å². The third kappa shape index (κ3) is 3.34. The van der Waals surface area contributed by atoms with Gasteiger partial charge in [0.05, 0.1) is 22.2 Å². The molecule has 0 aliphatic carbocycles. The van der Waals surface area contributed by atoms with Crippen molar-refractivity contribution in [1.82, 2.24) is 15.0 Å². The molecule has 0 spiro atoms. The van der Waals surface area contributed by atoms with E-state index < -0.39 is 28.3 Å². The number of hydrogen-bond acceptors (Lipinski definition) is 4. The predicted molar refractivity (Wildman–Crippen MR) is 79.6 cm³/mol. The van der Waals surface area contributed by atoms with Crippen LogP contribution < -0.4 is 4.74 Å². The quantitative estimate of drug-likeness (QED) is 0.634. The average molecular weight is 371 g/mol. The normalized spacial score (nSPS) is 11.5. The van der Waals surface area contributed by atoms with Gasteiger partial charge in [-0.3, -0.25) is 0 Å². The maximum atomic E-state index is 14.0. The summed E-state index contributed by atoms with van der Waals surface area (Å²) in [5.41, 5.74) is -0.293. The molecule has 10 heteroatoms. The second-order valence-electron chi connectivity index (χ2n) is 4.92. The fourth-order valence-corrected chi connectivity index (χ4v) is 2.38. The van der Waals surface area contributed by atoms with Gasteiger partial charge in [-0.15, -0.1) is 5.10 Å². The van der Waals surface area contributed by atoms with Crippen molar-refractivity contribution in [2.75, 3.05) is 0 Å². The molecule has 0 bridgehead atoms. The first-order chi connectivity index (χ1) is 11.8. The maximum Gasteiger partial charge on any atom is 0.416 e. The summed E-state index contributed by atoms with van der Waals surface area (Å²) < 4.78 is 58.5. The first-order valence-corrected chi connectivity index (χ1v) is 7.11. The molecular formula is C15H7ClF4N4O. The van der Waals surface area contributed by atoms with Crippen LogP contribution >= 0.6 is 11.6 Å². The second-order valence-corrected chi connectivity index (χ2v) is 5.33. The first-order valence-electron chi connectivity index (χ1n) is 6.74. The molecule has 3 aromatic rings. The Bertz CT molecular complexity index is 970. The van der Waals surface area contributed by atoms with Gasteiger partial charge in [0.25, 0.3) is 0 Å². The molecule has 5 nitrogen and oxygen atoms in total. The molecule has 128 valence electrons. The molecule has 0 fully saturated rings. The van der Waals surface area contributed by atoms with Gasteiger partial charge < -0.3 is 4.74 Å². The predicted octanol–water partition coefficient (Wildman–Crippen LogP) is 4.56. The van der Waals surface area contributed by atoms with E-state index in [0.29, 0.717) is 23.2 Å². The van der Waals surface area contributed by atoms with Gasteiger partial charge in [0.15, 0.2) is 11.6 Å². The number of nitrogens with zero attached hydrogens (tertiary/aromatic N) is 4. The van der Waals surface area contributed by atoms with E-state index in [2.05, 4.69) is 10.3 Å². The SMILES string of the molecule is N#CCn1nnc2ccc(Oc3c(F)cc(C(F)(F)F)cc3Cl)cc21. The summed E-state index contributed by atoms with van der Waals surface area (Å²) in [5.74, 6) is -1.67. The minimum Gasteiger partial charge on any atom is -0.453 e. The van der Waals surface area contributed by atoms with Crippen molar-refractivity contribution < 1.29 is 22.3 Å². The molecule has 0 aliphatic heterocycles. The molecule has 25 heavy (non-hydrogen) atoms. The minimum absolute atomic E-state index is 0.0602. The Kier molecular flexibility index (Phi) is 4.22. The molecule has 0 amide bonds. The highest BCUT2D eigenvalue weighted by Crippen LogP contribution is 2.38. The van der Waals surface area contributed by atoms with Gasteiger partial charge in [0.2, 0.25) is 0 Å². The Morgan fingerprint density at radius 2 is 2.00 bits per heavy atom. The highest BCUT2D eigenvalue weighted by molar-refractivity contribution is 6.32. The lowest BCUT2D eigenvalue weighted by atomic mass is 10.2. The summed E-state index contributed by atoms with van der Waals surface area (Å²) >= 11 is 5.73. The van der Waals surface area contributed by atoms with Crippen molar-refractivity contribution in [3.05, 3.63) is 46.7 Å². The van der Waals surface area contributed by atoms with E-state index in [9.17, 15) is 17.6 Å². The van der Waals surface area contributed by atoms with Crippen molar-refractivity contribution in [3.8, 4) is 17.6 Å². The van der Waals surface area contributed by atoms with Gasteiger partial charge in [-0.25, -0.2) is 9.07 Å². The highest BCUT2D eigenvalue weighted by atomic mass is 35.5. The van der Waals surface area contributed by atoms with Crippen LogP contribution in [-0.2, 0) is 12.7 Å². The van der Waals surface area contributed by atoms with Gasteiger partial charge in [-0.1, -0.05) is 16.8 Å². The number of fused-ring (bicyclic) bond motifs is 1. The van der Waals surface area contributed by atoms with Crippen LogP contribution in [0.5, 0.6) is 11.5 Å². The fourth-order valence-electron chi connectivity index (χ4n) is 2.13. The molecular weight excluding hydrogens is 364 g/mol. The van der Waals surface area contributed by atoms with Crippen molar-refractivity contribution in [2.45, 2.75) is 12.7 Å². The topological polar surface area (TPSA) is 63.7 Å². The van der Waals surface area contributed by atoms with Crippen LogP contribution in [0.4, 0.5) is 17.6 Å². The monoisotopic (exact) mass is 370 g/mol. The Morgan fingerprint density at radius 3 is 2.64 bits per heavy atom. The number of ether oxygens (including phenoxy) is 1. The summed E-state index contributed by atoms with van der Waals surface area (Å²) in [6, 6.07) is 7.17. The molecule has 0 saturated carbocycles. The van der Waals surface area contributed by atoms with E-state index in [1.807, 2.05) is 6.07 Å². The zero-order chi connectivity index (χ0) is 18.2. The van der Waals surface area contributed by atoms with E-state index in [-0.39, 0.29) is 12.3 Å². The smallest absolute Gasteiger partial charge is 0.416 e. The Labute approximate surface area is 143 Å². The number of alkyl halides is 3. The largest absolute Gasteiger partial charge is 0.453 e. The molecule has 0 aliphatic rings. The van der Waals surface area contributed by atoms with Crippen LogP contribution in [0.3, 0.4) is 0 Å². The summed E-state index contributed by atoms with van der Waals surface area (Å²) in [5, 5.41) is 15.8. The summed E-state index contributed by atoms with van der Waals surface area (Å²) in [6.45, 7) is -0.0602. The lowest BCUT2D eigenvalue weighted by Gasteiger charge is -2.12. The van der Waals surface area contributed by atoms with Crippen LogP contribution in [0, 0.1) is 17.1 Å². The molecule has 0 N–H and O–H groups in total. The van der Waals surface area contributed by atoms with Crippen LogP contribution in [0.2, 0.25) is 5.02 Å².